The summed E-state index contributed by atoms with van der Waals surface area (Å²) in [4.78, 5) is 10.4. The number of rotatable bonds is 2. The molecule has 0 spiro atoms. The summed E-state index contributed by atoms with van der Waals surface area (Å²) < 4.78 is 0. The lowest BCUT2D eigenvalue weighted by molar-refractivity contribution is 1.11. The van der Waals surface area contributed by atoms with Gasteiger partial charge < -0.3 is 4.90 Å². The van der Waals surface area contributed by atoms with Crippen molar-refractivity contribution in [3.63, 3.8) is 0 Å². The highest BCUT2D eigenvalue weighted by molar-refractivity contribution is 5.60. The van der Waals surface area contributed by atoms with Crippen LogP contribution in [-0.4, -0.2) is 24.1 Å². The third-order valence-electron chi connectivity index (χ3n) is 2.24. The van der Waals surface area contributed by atoms with E-state index >= 15 is 0 Å². The van der Waals surface area contributed by atoms with Gasteiger partial charge >= 0.3 is 0 Å². The van der Waals surface area contributed by atoms with Gasteiger partial charge in [-0.15, -0.1) is 0 Å². The van der Waals surface area contributed by atoms with E-state index in [0.717, 1.165) is 16.9 Å². The van der Waals surface area contributed by atoms with Crippen LogP contribution < -0.4 is 4.90 Å². The van der Waals surface area contributed by atoms with Crippen molar-refractivity contribution in [3.8, 4) is 11.3 Å². The highest BCUT2D eigenvalue weighted by Crippen LogP contribution is 2.18. The molecule has 3 heteroatoms. The summed E-state index contributed by atoms with van der Waals surface area (Å²) in [6.07, 6.45) is 5.42. The molecule has 0 fully saturated rings. The van der Waals surface area contributed by atoms with Crippen molar-refractivity contribution in [2.24, 2.45) is 0 Å². The lowest BCUT2D eigenvalue weighted by Crippen LogP contribution is -2.08. The summed E-state index contributed by atoms with van der Waals surface area (Å²) in [7, 11) is 4.01. The molecule has 0 saturated carbocycles. The standard InChI is InChI=1S/C12H13N3/c1-15(2)11-3-4-12(14-9-11)10-5-7-13-8-6-10/h3-9H,1-2H3. The zero-order valence-electron chi connectivity index (χ0n) is 8.88. The topological polar surface area (TPSA) is 29.0 Å². The number of aromatic nitrogens is 2. The van der Waals surface area contributed by atoms with Gasteiger partial charge in [-0.2, -0.15) is 0 Å². The Hall–Kier alpha value is -1.90. The molecule has 0 unspecified atom stereocenters. The Morgan fingerprint density at radius 1 is 1.00 bits per heavy atom. The molecule has 0 radical (unpaired) electrons. The van der Waals surface area contributed by atoms with Gasteiger partial charge in [0.05, 0.1) is 17.6 Å². The molecule has 0 amide bonds. The Balaban J connectivity index is 2.32. The molecule has 0 bridgehead atoms. The minimum Gasteiger partial charge on any atom is -0.376 e. The van der Waals surface area contributed by atoms with Crippen molar-refractivity contribution in [1.29, 1.82) is 0 Å². The quantitative estimate of drug-likeness (QED) is 0.742. The van der Waals surface area contributed by atoms with Gasteiger partial charge in [0.1, 0.15) is 0 Å². The molecule has 0 aliphatic heterocycles. The molecule has 0 aliphatic carbocycles. The Labute approximate surface area is 89.4 Å². The van der Waals surface area contributed by atoms with Gasteiger partial charge in [0, 0.05) is 32.1 Å². The molecule has 3 nitrogen and oxygen atoms in total. The van der Waals surface area contributed by atoms with Gasteiger partial charge in [0.25, 0.3) is 0 Å². The van der Waals surface area contributed by atoms with E-state index in [4.69, 9.17) is 0 Å². The van der Waals surface area contributed by atoms with Crippen LogP contribution in [0.25, 0.3) is 11.3 Å². The van der Waals surface area contributed by atoms with Gasteiger partial charge in [-0.25, -0.2) is 0 Å². The maximum Gasteiger partial charge on any atom is 0.0704 e. The van der Waals surface area contributed by atoms with Crippen LogP contribution >= 0.6 is 0 Å². The minimum absolute atomic E-state index is 0.975. The van der Waals surface area contributed by atoms with Crippen molar-refractivity contribution >= 4 is 5.69 Å². The van der Waals surface area contributed by atoms with E-state index in [9.17, 15) is 0 Å². The average Bonchev–Trinajstić information content (AvgIpc) is 2.30. The second-order valence-electron chi connectivity index (χ2n) is 3.53. The van der Waals surface area contributed by atoms with Gasteiger partial charge in [-0.1, -0.05) is 0 Å². The molecule has 0 aromatic carbocycles. The Bertz CT molecular complexity index is 420. The summed E-state index contributed by atoms with van der Waals surface area (Å²) in [5, 5.41) is 0. The second kappa shape index (κ2) is 4.09. The molecule has 2 aromatic heterocycles. The SMILES string of the molecule is CN(C)c1ccc(-c2ccncc2)nc1. The van der Waals surface area contributed by atoms with Crippen LogP contribution in [0.15, 0.2) is 42.9 Å². The summed E-state index contributed by atoms with van der Waals surface area (Å²) in [6.45, 7) is 0. The van der Waals surface area contributed by atoms with Crippen molar-refractivity contribution in [1.82, 2.24) is 9.97 Å². The highest BCUT2D eigenvalue weighted by Gasteiger charge is 1.99. The normalized spacial score (nSPS) is 10.0. The monoisotopic (exact) mass is 199 g/mol. The van der Waals surface area contributed by atoms with Gasteiger partial charge in [-0.05, 0) is 24.3 Å². The van der Waals surface area contributed by atoms with Crippen LogP contribution in [0.1, 0.15) is 0 Å². The van der Waals surface area contributed by atoms with E-state index in [2.05, 4.69) is 16.0 Å². The molecule has 2 aromatic rings. The zero-order valence-corrected chi connectivity index (χ0v) is 8.88. The first-order chi connectivity index (χ1) is 7.27. The van der Waals surface area contributed by atoms with Crippen LogP contribution in [0.3, 0.4) is 0 Å². The van der Waals surface area contributed by atoms with Gasteiger partial charge in [0.15, 0.2) is 0 Å². The van der Waals surface area contributed by atoms with Crippen LogP contribution in [-0.2, 0) is 0 Å². The maximum atomic E-state index is 4.40. The summed E-state index contributed by atoms with van der Waals surface area (Å²) >= 11 is 0. The molecule has 0 aliphatic rings. The summed E-state index contributed by atoms with van der Waals surface area (Å²) in [5.74, 6) is 0. The van der Waals surface area contributed by atoms with Crippen molar-refractivity contribution in [2.45, 2.75) is 0 Å². The first kappa shape index (κ1) is 9.65. The number of anilines is 1. The molecule has 76 valence electrons. The Morgan fingerprint density at radius 2 is 1.73 bits per heavy atom. The maximum absolute atomic E-state index is 4.40. The second-order valence-corrected chi connectivity index (χ2v) is 3.53. The molecule has 0 saturated heterocycles. The molecule has 2 heterocycles. The molecule has 2 rings (SSSR count). The fourth-order valence-electron chi connectivity index (χ4n) is 1.34. The van der Waals surface area contributed by atoms with Crippen LogP contribution in [0.5, 0.6) is 0 Å². The van der Waals surface area contributed by atoms with Crippen molar-refractivity contribution < 1.29 is 0 Å². The zero-order chi connectivity index (χ0) is 10.7. The van der Waals surface area contributed by atoms with E-state index in [1.807, 2.05) is 43.4 Å². The van der Waals surface area contributed by atoms with Crippen LogP contribution in [0.2, 0.25) is 0 Å². The fourth-order valence-corrected chi connectivity index (χ4v) is 1.34. The largest absolute Gasteiger partial charge is 0.376 e. The van der Waals surface area contributed by atoms with E-state index < -0.39 is 0 Å². The van der Waals surface area contributed by atoms with Crippen LogP contribution in [0, 0.1) is 0 Å². The van der Waals surface area contributed by atoms with Crippen molar-refractivity contribution in [3.05, 3.63) is 42.9 Å². The lowest BCUT2D eigenvalue weighted by Gasteiger charge is -2.11. The number of nitrogens with zero attached hydrogens (tertiary/aromatic N) is 3. The van der Waals surface area contributed by atoms with E-state index in [1.165, 1.54) is 0 Å². The first-order valence-corrected chi connectivity index (χ1v) is 4.81. The third kappa shape index (κ3) is 2.13. The minimum atomic E-state index is 0.975. The number of hydrogen-bond acceptors (Lipinski definition) is 3. The van der Waals surface area contributed by atoms with E-state index in [1.54, 1.807) is 12.4 Å². The Morgan fingerprint density at radius 3 is 2.27 bits per heavy atom. The fraction of sp³-hybridized carbons (Fsp3) is 0.167. The molecular formula is C12H13N3. The molecule has 0 N–H and O–H groups in total. The smallest absolute Gasteiger partial charge is 0.0704 e. The Kier molecular flexibility index (Phi) is 2.63. The predicted molar refractivity (Wildman–Crippen MR) is 61.8 cm³/mol. The van der Waals surface area contributed by atoms with Crippen molar-refractivity contribution in [2.75, 3.05) is 19.0 Å². The van der Waals surface area contributed by atoms with E-state index in [-0.39, 0.29) is 0 Å². The lowest BCUT2D eigenvalue weighted by atomic mass is 10.2. The number of hydrogen-bond donors (Lipinski definition) is 0. The first-order valence-electron chi connectivity index (χ1n) is 4.81. The predicted octanol–water partition coefficient (Wildman–Crippen LogP) is 2.21. The third-order valence-corrected chi connectivity index (χ3v) is 2.24. The average molecular weight is 199 g/mol. The summed E-state index contributed by atoms with van der Waals surface area (Å²) in [5.41, 5.74) is 3.17. The molecule has 0 atom stereocenters. The van der Waals surface area contributed by atoms with Gasteiger partial charge in [-0.3, -0.25) is 9.97 Å². The molecule has 15 heavy (non-hydrogen) atoms. The number of pyridine rings is 2. The van der Waals surface area contributed by atoms with Crippen LogP contribution in [0.4, 0.5) is 5.69 Å². The van der Waals surface area contributed by atoms with E-state index in [0.29, 0.717) is 0 Å². The highest BCUT2D eigenvalue weighted by atomic mass is 15.1. The van der Waals surface area contributed by atoms with Gasteiger partial charge in [0.2, 0.25) is 0 Å². The summed E-state index contributed by atoms with van der Waals surface area (Å²) in [6, 6.07) is 7.99. The molecular weight excluding hydrogens is 186 g/mol.